The summed E-state index contributed by atoms with van der Waals surface area (Å²) in [6.45, 7) is 5.70. The highest BCUT2D eigenvalue weighted by Gasteiger charge is 2.36. The van der Waals surface area contributed by atoms with E-state index in [1.165, 1.54) is 0 Å². The van der Waals surface area contributed by atoms with Gasteiger partial charge in [0.05, 0.1) is 11.2 Å². The summed E-state index contributed by atoms with van der Waals surface area (Å²) in [6.07, 6.45) is 1.65. The van der Waals surface area contributed by atoms with Crippen LogP contribution in [0, 0.1) is 5.41 Å². The third-order valence-electron chi connectivity index (χ3n) is 3.42. The van der Waals surface area contributed by atoms with Gasteiger partial charge in [0.25, 0.3) is 0 Å². The van der Waals surface area contributed by atoms with Crippen LogP contribution in [0.4, 0.5) is 0 Å². The molecule has 0 fully saturated rings. The topological polar surface area (TPSA) is 33.1 Å². The molecule has 2 radical (unpaired) electrons. The summed E-state index contributed by atoms with van der Waals surface area (Å²) < 4.78 is 0. The van der Waals surface area contributed by atoms with Gasteiger partial charge in [-0.05, 0) is 17.0 Å². The maximum absolute atomic E-state index is 10.4. The molecule has 0 aliphatic carbocycles. The van der Waals surface area contributed by atoms with Gasteiger partial charge in [-0.1, -0.05) is 57.2 Å². The molecule has 0 saturated carbocycles. The average molecular weight is 251 g/mol. The van der Waals surface area contributed by atoms with Crippen molar-refractivity contribution in [2.45, 2.75) is 26.3 Å². The molecule has 0 aliphatic heterocycles. The molecule has 96 valence electrons. The van der Waals surface area contributed by atoms with Crippen molar-refractivity contribution < 1.29 is 5.11 Å². The summed E-state index contributed by atoms with van der Waals surface area (Å²) in [4.78, 5) is 4.39. The standard InChI is InChI=1S/C16H18BNO/c1-15(2,3)16(17,19)13-9-10-14(18-11-13)12-7-5-4-6-8-12/h4-11,19H,1-3H3. The Balaban J connectivity index is 2.35. The lowest BCUT2D eigenvalue weighted by molar-refractivity contribution is 0.0154. The minimum atomic E-state index is -1.39. The third kappa shape index (κ3) is 2.71. The molecule has 19 heavy (non-hydrogen) atoms. The van der Waals surface area contributed by atoms with Crippen LogP contribution in [-0.4, -0.2) is 17.9 Å². The van der Waals surface area contributed by atoms with Crippen LogP contribution in [-0.2, 0) is 5.50 Å². The highest BCUT2D eigenvalue weighted by molar-refractivity contribution is 6.15. The summed E-state index contributed by atoms with van der Waals surface area (Å²) in [7, 11) is 6.02. The number of benzene rings is 1. The smallest absolute Gasteiger partial charge is 0.120 e. The van der Waals surface area contributed by atoms with Gasteiger partial charge in [0, 0.05) is 11.8 Å². The molecule has 0 spiro atoms. The van der Waals surface area contributed by atoms with Gasteiger partial charge < -0.3 is 5.11 Å². The fraction of sp³-hybridized carbons (Fsp3) is 0.312. The second kappa shape index (κ2) is 4.82. The molecule has 1 N–H and O–H groups in total. The van der Waals surface area contributed by atoms with Crippen LogP contribution in [0.15, 0.2) is 48.7 Å². The predicted octanol–water partition coefficient (Wildman–Crippen LogP) is 3.11. The highest BCUT2D eigenvalue weighted by Crippen LogP contribution is 2.36. The van der Waals surface area contributed by atoms with Crippen LogP contribution in [0.25, 0.3) is 11.3 Å². The first-order valence-electron chi connectivity index (χ1n) is 6.35. The van der Waals surface area contributed by atoms with Crippen molar-refractivity contribution >= 4 is 7.85 Å². The predicted molar refractivity (Wildman–Crippen MR) is 78.8 cm³/mol. The molecule has 1 aromatic heterocycles. The summed E-state index contributed by atoms with van der Waals surface area (Å²) >= 11 is 0. The van der Waals surface area contributed by atoms with Gasteiger partial charge in [-0.2, -0.15) is 0 Å². The first kappa shape index (κ1) is 13.8. The average Bonchev–Trinajstić information content (AvgIpc) is 2.39. The van der Waals surface area contributed by atoms with Gasteiger partial charge in [0.15, 0.2) is 0 Å². The first-order chi connectivity index (χ1) is 8.82. The van der Waals surface area contributed by atoms with Crippen molar-refractivity contribution in [1.82, 2.24) is 4.98 Å². The lowest BCUT2D eigenvalue weighted by Crippen LogP contribution is -2.40. The molecule has 1 heterocycles. The van der Waals surface area contributed by atoms with Crippen LogP contribution in [0.3, 0.4) is 0 Å². The second-order valence-corrected chi connectivity index (χ2v) is 5.81. The fourth-order valence-corrected chi connectivity index (χ4v) is 1.83. The minimum Gasteiger partial charge on any atom is -0.395 e. The molecule has 2 aromatic rings. The van der Waals surface area contributed by atoms with Crippen molar-refractivity contribution in [2.75, 3.05) is 0 Å². The van der Waals surface area contributed by atoms with E-state index in [9.17, 15) is 5.11 Å². The number of nitrogens with zero attached hydrogens (tertiary/aromatic N) is 1. The summed E-state index contributed by atoms with van der Waals surface area (Å²) in [5.74, 6) is 0. The van der Waals surface area contributed by atoms with Gasteiger partial charge >= 0.3 is 0 Å². The zero-order chi connectivity index (χ0) is 14.1. The number of hydrogen-bond acceptors (Lipinski definition) is 2. The number of pyridine rings is 1. The Morgan fingerprint density at radius 2 is 1.63 bits per heavy atom. The second-order valence-electron chi connectivity index (χ2n) is 5.81. The highest BCUT2D eigenvalue weighted by atomic mass is 16.3. The molecular formula is C16H18BNO. The molecule has 3 heteroatoms. The molecule has 0 bridgehead atoms. The van der Waals surface area contributed by atoms with E-state index < -0.39 is 10.9 Å². The number of hydrogen-bond donors (Lipinski definition) is 1. The van der Waals surface area contributed by atoms with E-state index >= 15 is 0 Å². The van der Waals surface area contributed by atoms with E-state index in [1.807, 2.05) is 63.2 Å². The molecule has 1 aromatic carbocycles. The van der Waals surface area contributed by atoms with E-state index in [0.29, 0.717) is 5.56 Å². The van der Waals surface area contributed by atoms with Crippen molar-refractivity contribution in [3.05, 3.63) is 54.2 Å². The van der Waals surface area contributed by atoms with E-state index in [0.717, 1.165) is 11.3 Å². The van der Waals surface area contributed by atoms with E-state index in [2.05, 4.69) is 4.98 Å². The molecule has 1 unspecified atom stereocenters. The lowest BCUT2D eigenvalue weighted by Gasteiger charge is -2.38. The third-order valence-corrected chi connectivity index (χ3v) is 3.42. The normalized spacial score (nSPS) is 14.9. The van der Waals surface area contributed by atoms with Gasteiger partial charge in [-0.25, -0.2) is 0 Å². The van der Waals surface area contributed by atoms with Crippen LogP contribution in [0.2, 0.25) is 0 Å². The zero-order valence-electron chi connectivity index (χ0n) is 11.6. The Hall–Kier alpha value is -1.61. The Bertz CT molecular complexity index is 541. The monoisotopic (exact) mass is 251 g/mol. The van der Waals surface area contributed by atoms with E-state index in [4.69, 9.17) is 7.85 Å². The maximum Gasteiger partial charge on any atom is 0.120 e. The van der Waals surface area contributed by atoms with Crippen molar-refractivity contribution in [3.8, 4) is 11.3 Å². The molecule has 2 rings (SSSR count). The van der Waals surface area contributed by atoms with Gasteiger partial charge in [-0.15, -0.1) is 0 Å². The number of rotatable bonds is 2. The van der Waals surface area contributed by atoms with Crippen LogP contribution >= 0.6 is 0 Å². The van der Waals surface area contributed by atoms with Crippen LogP contribution in [0.1, 0.15) is 26.3 Å². The van der Waals surface area contributed by atoms with Crippen molar-refractivity contribution in [1.29, 1.82) is 0 Å². The van der Waals surface area contributed by atoms with Gasteiger partial charge in [-0.3, -0.25) is 4.98 Å². The molecule has 0 amide bonds. The SMILES string of the molecule is [B]C(O)(c1ccc(-c2ccccc2)nc1)C(C)(C)C. The Morgan fingerprint density at radius 3 is 2.11 bits per heavy atom. The molecule has 2 nitrogen and oxygen atoms in total. The van der Waals surface area contributed by atoms with Crippen molar-refractivity contribution in [2.24, 2.45) is 5.41 Å². The molecule has 1 atom stereocenters. The molecular weight excluding hydrogens is 233 g/mol. The van der Waals surface area contributed by atoms with E-state index in [1.54, 1.807) is 6.20 Å². The molecule has 0 saturated heterocycles. The van der Waals surface area contributed by atoms with Gasteiger partial charge in [0.2, 0.25) is 0 Å². The first-order valence-corrected chi connectivity index (χ1v) is 6.35. The van der Waals surface area contributed by atoms with Crippen molar-refractivity contribution in [3.63, 3.8) is 0 Å². The number of aliphatic hydroxyl groups is 1. The van der Waals surface area contributed by atoms with Gasteiger partial charge in [0.1, 0.15) is 7.85 Å². The van der Waals surface area contributed by atoms with Crippen LogP contribution in [0.5, 0.6) is 0 Å². The minimum absolute atomic E-state index is 0.455. The summed E-state index contributed by atoms with van der Waals surface area (Å²) in [5, 5.41) is 10.4. The largest absolute Gasteiger partial charge is 0.395 e. The Kier molecular flexibility index (Phi) is 3.50. The Morgan fingerprint density at radius 1 is 1.00 bits per heavy atom. The summed E-state index contributed by atoms with van der Waals surface area (Å²) in [6, 6.07) is 13.6. The van der Waals surface area contributed by atoms with Crippen LogP contribution < -0.4 is 0 Å². The molecule has 0 aliphatic rings. The number of aromatic nitrogens is 1. The lowest BCUT2D eigenvalue weighted by atomic mass is 9.60. The fourth-order valence-electron chi connectivity index (χ4n) is 1.83. The van der Waals surface area contributed by atoms with E-state index in [-0.39, 0.29) is 0 Å². The maximum atomic E-state index is 10.4. The Labute approximate surface area is 115 Å². The quantitative estimate of drug-likeness (QED) is 0.832. The zero-order valence-corrected chi connectivity index (χ0v) is 11.6. The summed E-state index contributed by atoms with van der Waals surface area (Å²) in [5.41, 5.74) is 0.692.